The Bertz CT molecular complexity index is 811. The first-order valence-electron chi connectivity index (χ1n) is 5.70. The molecule has 0 atom stereocenters. The van der Waals surface area contributed by atoms with Crippen molar-refractivity contribution in [2.45, 2.75) is 0 Å². The molecule has 0 unspecified atom stereocenters. The standard InChI is InChI=1S/C13H8Br2N4S/c14-9-3-4-10(15)11(6-9)19-12(17-18-13(19)20)8-2-1-5-16-7-8/h1-7H,(H,18,20). The van der Waals surface area contributed by atoms with E-state index in [0.29, 0.717) is 4.77 Å². The molecule has 0 aliphatic rings. The number of H-pyrrole nitrogens is 1. The van der Waals surface area contributed by atoms with Crippen molar-refractivity contribution in [3.8, 4) is 17.1 Å². The van der Waals surface area contributed by atoms with Gasteiger partial charge in [0.2, 0.25) is 0 Å². The van der Waals surface area contributed by atoms with Crippen LogP contribution >= 0.6 is 44.1 Å². The monoisotopic (exact) mass is 410 g/mol. The minimum Gasteiger partial charge on any atom is -0.267 e. The summed E-state index contributed by atoms with van der Waals surface area (Å²) in [7, 11) is 0. The first kappa shape index (κ1) is 13.7. The molecule has 1 aromatic carbocycles. The number of halogens is 2. The Morgan fingerprint density at radius 1 is 1.20 bits per heavy atom. The van der Waals surface area contributed by atoms with E-state index in [-0.39, 0.29) is 0 Å². The van der Waals surface area contributed by atoms with Gasteiger partial charge >= 0.3 is 0 Å². The van der Waals surface area contributed by atoms with Crippen LogP contribution < -0.4 is 0 Å². The highest BCUT2D eigenvalue weighted by Gasteiger charge is 2.13. The van der Waals surface area contributed by atoms with Gasteiger partial charge in [0.1, 0.15) is 0 Å². The summed E-state index contributed by atoms with van der Waals surface area (Å²) in [4.78, 5) is 4.12. The summed E-state index contributed by atoms with van der Waals surface area (Å²) < 4.78 is 4.31. The maximum absolute atomic E-state index is 5.35. The number of nitrogens with one attached hydrogen (secondary N) is 1. The van der Waals surface area contributed by atoms with Crippen molar-refractivity contribution in [3.05, 3.63) is 56.4 Å². The van der Waals surface area contributed by atoms with Gasteiger partial charge in [-0.3, -0.25) is 14.6 Å². The largest absolute Gasteiger partial charge is 0.267 e. The molecule has 2 aromatic heterocycles. The zero-order valence-electron chi connectivity index (χ0n) is 10.0. The lowest BCUT2D eigenvalue weighted by molar-refractivity contribution is 1.03. The van der Waals surface area contributed by atoms with Gasteiger partial charge in [-0.1, -0.05) is 15.9 Å². The second-order valence-corrected chi connectivity index (χ2v) is 6.18. The summed E-state index contributed by atoms with van der Waals surface area (Å²) in [6.45, 7) is 0. The van der Waals surface area contributed by atoms with E-state index in [4.69, 9.17) is 12.2 Å². The van der Waals surface area contributed by atoms with Crippen LogP contribution in [0.5, 0.6) is 0 Å². The van der Waals surface area contributed by atoms with Crippen LogP contribution in [0.15, 0.2) is 51.7 Å². The molecule has 2 heterocycles. The highest BCUT2D eigenvalue weighted by Crippen LogP contribution is 2.28. The average molecular weight is 412 g/mol. The van der Waals surface area contributed by atoms with Gasteiger partial charge in [-0.05, 0) is 58.5 Å². The molecule has 4 nitrogen and oxygen atoms in total. The molecule has 0 aliphatic carbocycles. The van der Waals surface area contributed by atoms with Gasteiger partial charge in [0.05, 0.1) is 5.69 Å². The fourth-order valence-corrected chi connectivity index (χ4v) is 2.87. The van der Waals surface area contributed by atoms with Crippen molar-refractivity contribution in [1.82, 2.24) is 19.7 Å². The number of pyridine rings is 1. The van der Waals surface area contributed by atoms with Crippen LogP contribution in [0.1, 0.15) is 0 Å². The Hall–Kier alpha value is -1.31. The zero-order valence-corrected chi connectivity index (χ0v) is 14.0. The molecule has 0 saturated heterocycles. The molecule has 0 spiro atoms. The van der Waals surface area contributed by atoms with E-state index in [1.165, 1.54) is 0 Å². The van der Waals surface area contributed by atoms with Gasteiger partial charge in [-0.2, -0.15) is 5.10 Å². The highest BCUT2D eigenvalue weighted by molar-refractivity contribution is 9.11. The Kier molecular flexibility index (Phi) is 3.82. The Balaban J connectivity index is 2.27. The Labute approximate surface area is 137 Å². The molecule has 0 amide bonds. The predicted octanol–water partition coefficient (Wildman–Crippen LogP) is 4.52. The van der Waals surface area contributed by atoms with Crippen LogP contribution in [0.2, 0.25) is 0 Å². The molecule has 0 bridgehead atoms. The van der Waals surface area contributed by atoms with E-state index in [9.17, 15) is 0 Å². The van der Waals surface area contributed by atoms with Crippen LogP contribution in [0, 0.1) is 4.77 Å². The fourth-order valence-electron chi connectivity index (χ4n) is 1.87. The Morgan fingerprint density at radius 3 is 2.80 bits per heavy atom. The number of aromatic nitrogens is 4. The van der Waals surface area contributed by atoms with Crippen molar-refractivity contribution < 1.29 is 0 Å². The van der Waals surface area contributed by atoms with E-state index in [1.807, 2.05) is 34.9 Å². The SMILES string of the molecule is S=c1[nH]nc(-c2cccnc2)n1-c1cc(Br)ccc1Br. The molecular formula is C13H8Br2N4S. The predicted molar refractivity (Wildman–Crippen MR) is 87.4 cm³/mol. The first-order valence-corrected chi connectivity index (χ1v) is 7.69. The molecule has 0 fully saturated rings. The number of benzene rings is 1. The number of hydrogen-bond acceptors (Lipinski definition) is 3. The van der Waals surface area contributed by atoms with Gasteiger partial charge in [0, 0.05) is 26.9 Å². The van der Waals surface area contributed by atoms with Crippen molar-refractivity contribution in [1.29, 1.82) is 0 Å². The summed E-state index contributed by atoms with van der Waals surface area (Å²) in [5.74, 6) is 0.724. The molecule has 0 saturated carbocycles. The smallest absolute Gasteiger partial charge is 0.200 e. The maximum Gasteiger partial charge on any atom is 0.200 e. The molecule has 7 heteroatoms. The van der Waals surface area contributed by atoms with Gasteiger partial charge in [0.25, 0.3) is 0 Å². The second-order valence-electron chi connectivity index (χ2n) is 4.03. The van der Waals surface area contributed by atoms with Gasteiger partial charge < -0.3 is 0 Å². The Morgan fingerprint density at radius 2 is 2.05 bits per heavy atom. The normalized spacial score (nSPS) is 10.7. The third-order valence-corrected chi connectivity index (χ3v) is 4.18. The lowest BCUT2D eigenvalue weighted by Gasteiger charge is -2.09. The molecule has 100 valence electrons. The van der Waals surface area contributed by atoms with E-state index in [0.717, 1.165) is 26.0 Å². The van der Waals surface area contributed by atoms with E-state index in [1.54, 1.807) is 12.4 Å². The lowest BCUT2D eigenvalue weighted by atomic mass is 10.2. The fraction of sp³-hybridized carbons (Fsp3) is 0. The maximum atomic E-state index is 5.35. The van der Waals surface area contributed by atoms with E-state index >= 15 is 0 Å². The van der Waals surface area contributed by atoms with E-state index < -0.39 is 0 Å². The highest BCUT2D eigenvalue weighted by atomic mass is 79.9. The number of aromatic amines is 1. The molecule has 20 heavy (non-hydrogen) atoms. The van der Waals surface area contributed by atoms with Crippen LogP contribution in [-0.4, -0.2) is 19.7 Å². The van der Waals surface area contributed by atoms with Crippen LogP contribution in [0.25, 0.3) is 17.1 Å². The van der Waals surface area contributed by atoms with Crippen LogP contribution in [-0.2, 0) is 0 Å². The third-order valence-electron chi connectivity index (χ3n) is 2.74. The quantitative estimate of drug-likeness (QED) is 0.630. The van der Waals surface area contributed by atoms with Crippen molar-refractivity contribution >= 4 is 44.1 Å². The average Bonchev–Trinajstić information content (AvgIpc) is 2.84. The number of rotatable bonds is 2. The molecule has 0 radical (unpaired) electrons. The van der Waals surface area contributed by atoms with Crippen molar-refractivity contribution in [2.24, 2.45) is 0 Å². The summed E-state index contributed by atoms with van der Waals surface area (Å²) in [6, 6.07) is 9.71. The lowest BCUT2D eigenvalue weighted by Crippen LogP contribution is -1.99. The van der Waals surface area contributed by atoms with Crippen LogP contribution in [0.4, 0.5) is 0 Å². The minimum atomic E-state index is 0.530. The summed E-state index contributed by atoms with van der Waals surface area (Å²) in [5, 5.41) is 7.14. The minimum absolute atomic E-state index is 0.530. The van der Waals surface area contributed by atoms with Crippen LogP contribution in [0.3, 0.4) is 0 Å². The summed E-state index contributed by atoms with van der Waals surface area (Å²) in [5.41, 5.74) is 1.81. The molecule has 1 N–H and O–H groups in total. The molecule has 0 aliphatic heterocycles. The van der Waals surface area contributed by atoms with Gasteiger partial charge in [-0.15, -0.1) is 0 Å². The first-order chi connectivity index (χ1) is 9.66. The summed E-state index contributed by atoms with van der Waals surface area (Å²) in [6.07, 6.45) is 3.48. The zero-order chi connectivity index (χ0) is 14.1. The molecular weight excluding hydrogens is 404 g/mol. The van der Waals surface area contributed by atoms with Gasteiger partial charge in [-0.25, -0.2) is 0 Å². The summed E-state index contributed by atoms with van der Waals surface area (Å²) >= 11 is 12.4. The number of hydrogen-bond donors (Lipinski definition) is 1. The second kappa shape index (κ2) is 5.59. The molecule has 3 aromatic rings. The van der Waals surface area contributed by atoms with Gasteiger partial charge in [0.15, 0.2) is 10.6 Å². The number of nitrogens with zero attached hydrogens (tertiary/aromatic N) is 3. The third kappa shape index (κ3) is 2.48. The topological polar surface area (TPSA) is 46.5 Å². The van der Waals surface area contributed by atoms with Crippen molar-refractivity contribution in [3.63, 3.8) is 0 Å². The van der Waals surface area contributed by atoms with E-state index in [2.05, 4.69) is 47.0 Å². The molecule has 3 rings (SSSR count). The van der Waals surface area contributed by atoms with Crippen molar-refractivity contribution in [2.75, 3.05) is 0 Å².